The van der Waals surface area contributed by atoms with Crippen LogP contribution in [0.15, 0.2) is 36.1 Å². The molecule has 5 aliphatic carbocycles. The summed E-state index contributed by atoms with van der Waals surface area (Å²) in [5, 5.41) is 90.4. The van der Waals surface area contributed by atoms with Gasteiger partial charge >= 0.3 is 35.8 Å². The van der Waals surface area contributed by atoms with Gasteiger partial charge in [-0.05, 0) is 37.0 Å². The second-order valence-electron chi connectivity index (χ2n) is 24.3. The molecule has 472 valence electrons. The van der Waals surface area contributed by atoms with Crippen LogP contribution in [-0.2, 0) is 99.8 Å². The molecule has 30 nitrogen and oxygen atoms in total. The lowest BCUT2D eigenvalue weighted by molar-refractivity contribution is -0.432. The van der Waals surface area contributed by atoms with Crippen molar-refractivity contribution in [3.8, 4) is 0 Å². The van der Waals surface area contributed by atoms with Crippen LogP contribution in [-0.4, -0.2) is 218 Å². The maximum absolute atomic E-state index is 11.8. The van der Waals surface area contributed by atoms with Crippen molar-refractivity contribution in [2.24, 2.45) is 112 Å². The molecule has 16 aliphatic rings. The number of fused-ring (bicyclic) bond motifs is 3. The fourth-order valence-corrected chi connectivity index (χ4v) is 16.8. The molecule has 0 radical (unpaired) electrons. The zero-order chi connectivity index (χ0) is 60.6. The number of rotatable bonds is 5. The van der Waals surface area contributed by atoms with E-state index in [2.05, 4.69) is 9.47 Å². The van der Waals surface area contributed by atoms with E-state index in [4.69, 9.17) is 66.3 Å². The molecule has 0 aromatic heterocycles. The summed E-state index contributed by atoms with van der Waals surface area (Å²) in [4.78, 5) is 58.3. The van der Waals surface area contributed by atoms with Gasteiger partial charge in [0, 0.05) is 47.3 Å². The number of carbonyl (C=O) groups excluding carboxylic acids is 5. The fourth-order valence-electron chi connectivity index (χ4n) is 16.8. The Labute approximate surface area is 484 Å². The van der Waals surface area contributed by atoms with Gasteiger partial charge in [-0.2, -0.15) is 0 Å². The Balaban J connectivity index is 0.000000104. The van der Waals surface area contributed by atoms with Crippen molar-refractivity contribution in [3.63, 3.8) is 0 Å². The molecular weight excluding hydrogens is 1140 g/mol. The number of ether oxygens (including phenoxy) is 16. The summed E-state index contributed by atoms with van der Waals surface area (Å²) in [6, 6.07) is 0. The lowest BCUT2D eigenvalue weighted by Gasteiger charge is -2.43. The third-order valence-corrected chi connectivity index (χ3v) is 20.5. The summed E-state index contributed by atoms with van der Waals surface area (Å²) >= 11 is 0. The summed E-state index contributed by atoms with van der Waals surface area (Å²) in [5.41, 5.74) is 0.432. The van der Waals surface area contributed by atoms with Crippen molar-refractivity contribution in [3.05, 3.63) is 36.1 Å². The molecule has 13 fully saturated rings. The highest BCUT2D eigenvalue weighted by Gasteiger charge is 2.77. The topological polar surface area (TPSA) is 418 Å². The summed E-state index contributed by atoms with van der Waals surface area (Å²) in [5.74, 6) is -16.1. The van der Waals surface area contributed by atoms with E-state index in [-0.39, 0.29) is 114 Å². The molecule has 9 N–H and O–H groups in total. The van der Waals surface area contributed by atoms with E-state index in [0.717, 1.165) is 12.8 Å². The van der Waals surface area contributed by atoms with Gasteiger partial charge in [0.05, 0.1) is 129 Å². The van der Waals surface area contributed by atoms with Crippen LogP contribution in [0.25, 0.3) is 0 Å². The van der Waals surface area contributed by atoms with Crippen LogP contribution in [0.2, 0.25) is 0 Å². The van der Waals surface area contributed by atoms with E-state index in [1.54, 1.807) is 0 Å². The van der Waals surface area contributed by atoms with Crippen LogP contribution in [0.1, 0.15) is 19.3 Å². The lowest BCUT2D eigenvalue weighted by Crippen LogP contribution is -2.57. The second-order valence-corrected chi connectivity index (χ2v) is 24.3. The normalized spacial score (nSPS) is 52.1. The predicted octanol–water partition coefficient (Wildman–Crippen LogP) is -3.64. The summed E-state index contributed by atoms with van der Waals surface area (Å²) in [7, 11) is 6.46. The van der Waals surface area contributed by atoms with Gasteiger partial charge in [0.15, 0.2) is 18.9 Å². The molecule has 10 saturated heterocycles. The van der Waals surface area contributed by atoms with Crippen molar-refractivity contribution >= 4 is 29.8 Å². The minimum absolute atomic E-state index is 0.00455. The average Bonchev–Trinajstić information content (AvgIpc) is 1.70. The number of esters is 5. The summed E-state index contributed by atoms with van der Waals surface area (Å²) in [6.07, 6.45) is 5.97. The Bertz CT molecular complexity index is 2680. The predicted molar refractivity (Wildman–Crippen MR) is 264 cm³/mol. The molecule has 85 heavy (non-hydrogen) atoms. The molecule has 11 heterocycles. The van der Waals surface area contributed by atoms with Gasteiger partial charge in [-0.25, -0.2) is 4.79 Å². The van der Waals surface area contributed by atoms with Gasteiger partial charge in [0.2, 0.25) is 0 Å². The Morgan fingerprint density at radius 2 is 1.01 bits per heavy atom. The number of hydrogen-bond donors (Lipinski definition) is 9. The zero-order valence-corrected chi connectivity index (χ0v) is 46.8. The largest absolute Gasteiger partial charge is 0.469 e. The van der Waals surface area contributed by atoms with E-state index in [1.807, 2.05) is 24.3 Å². The van der Waals surface area contributed by atoms with E-state index >= 15 is 0 Å². The number of hydrogen-bond acceptors (Lipinski definition) is 30. The van der Waals surface area contributed by atoms with Gasteiger partial charge in [-0.15, -0.1) is 0 Å². The number of aliphatic hydroxyl groups is 9. The number of carbonyl (C=O) groups is 5. The molecule has 30 atom stereocenters. The average molecular weight is 1210 g/mol. The standard InChI is InChI=1S/C11H14O7.C11H16O7.C11H16O6.C11H14O5.C11H12O5/c1-15-9(12)5-4-6-3(7-8(4)17-7)2-16-11(6,14)18-10(5)13;1-16-9(13)7-4-2-6(12)5-3-17-11(15,8(4)5)18-10(7)14;1-15-9(12)7-6-3-2-5-4-16-11(14,8(5)6)17-10(7)13;2*1-14-10(12)8-5-16-11(13)9-6(4-15-11)2-3-7(8)9/h3-8,10,13-14H,2H2,1H3;4-8,10,12,14-15H,2-3H2,1H3;5-8,10,13-14H,2-4H2,1H3;2-3,6-9,13H,4-5H2,1H3;2-3,5-7,9,13H,4H2,1H3/t3-,4+,5?,6+,7+,8-,10?,11+;4-,5-,6?,7?,8+,10?,11-;5-,6+,7?,8+,10?,11+;6-,7+,8?,9+,11+;6-,7+,9+,11+/m01000/s1. The second kappa shape index (κ2) is 22.3. The van der Waals surface area contributed by atoms with Crippen LogP contribution in [0.4, 0.5) is 0 Å². The zero-order valence-electron chi connectivity index (χ0n) is 46.8. The Kier molecular flexibility index (Phi) is 16.0. The summed E-state index contributed by atoms with van der Waals surface area (Å²) in [6.45, 7) is 1.89. The van der Waals surface area contributed by atoms with Crippen molar-refractivity contribution in [1.82, 2.24) is 0 Å². The Morgan fingerprint density at radius 1 is 0.482 bits per heavy atom. The molecule has 0 aromatic carbocycles. The van der Waals surface area contributed by atoms with E-state index < -0.39 is 108 Å². The first-order valence-corrected chi connectivity index (χ1v) is 28.4. The first kappa shape index (κ1) is 60.9. The SMILES string of the molecule is COC(=O)C1=CO[C@]2(O)OC[C@@H]3C=C[C@H]1[C@@H]32.COC(=O)C1C(O)O[C@]2(O)OC[C@@H]3C(O)C[C@H]1[C@@H]32.COC(=O)C1C(O)O[C@]2(O)OC[C@@H]3CC[C@H]1[C@@H]32.COC(=O)C1C(O)O[C@]2(O)OC[C@@H]3[C@H]4O[C@H]4[C@H]1[C@@H]32.COC(=O)C1CO[C@]2(O)OC[C@@H]3C=C[C@H]1[C@@H]32. The molecule has 0 spiro atoms. The summed E-state index contributed by atoms with van der Waals surface area (Å²) < 4.78 is 80.8. The molecule has 11 aliphatic heterocycles. The van der Waals surface area contributed by atoms with E-state index in [9.17, 15) is 69.9 Å². The van der Waals surface area contributed by atoms with Crippen molar-refractivity contribution in [2.75, 3.05) is 75.2 Å². The first-order valence-electron chi connectivity index (χ1n) is 28.4. The first-order chi connectivity index (χ1) is 40.4. The molecule has 0 amide bonds. The maximum Gasteiger partial charge on any atom is 0.337 e. The molecule has 3 saturated carbocycles. The number of methoxy groups -OCH3 is 5. The van der Waals surface area contributed by atoms with Gasteiger partial charge in [-0.1, -0.05) is 24.3 Å². The molecule has 0 aromatic rings. The third kappa shape index (κ3) is 9.76. The van der Waals surface area contributed by atoms with Gasteiger partial charge in [0.1, 0.15) is 24.0 Å². The number of aliphatic hydroxyl groups excluding tert-OH is 4. The highest BCUT2D eigenvalue weighted by atomic mass is 16.9. The van der Waals surface area contributed by atoms with Crippen molar-refractivity contribution < 1.29 is 146 Å². The van der Waals surface area contributed by atoms with Crippen LogP contribution in [0, 0.1) is 112 Å². The van der Waals surface area contributed by atoms with E-state index in [1.165, 1.54) is 41.8 Å². The monoisotopic (exact) mass is 1210 g/mol. The van der Waals surface area contributed by atoms with Gasteiger partial charge in [-0.3, -0.25) is 33.4 Å². The lowest BCUT2D eigenvalue weighted by atomic mass is 9.77. The smallest absolute Gasteiger partial charge is 0.337 e. The molecular formula is C55H72O30. The van der Waals surface area contributed by atoms with Gasteiger partial charge < -0.3 is 108 Å². The Morgan fingerprint density at radius 3 is 1.66 bits per heavy atom. The molecule has 0 bridgehead atoms. The van der Waals surface area contributed by atoms with Crippen LogP contribution in [0.5, 0.6) is 0 Å². The highest BCUT2D eigenvalue weighted by Crippen LogP contribution is 2.64. The molecule has 30 heteroatoms. The Hall–Kier alpha value is -4.39. The number of epoxide rings is 1. The maximum atomic E-state index is 11.8. The van der Waals surface area contributed by atoms with Crippen LogP contribution < -0.4 is 0 Å². The molecule has 16 rings (SSSR count). The van der Waals surface area contributed by atoms with Crippen LogP contribution >= 0.6 is 0 Å². The third-order valence-electron chi connectivity index (χ3n) is 20.5. The highest BCUT2D eigenvalue weighted by molar-refractivity contribution is 5.89. The van der Waals surface area contributed by atoms with Crippen molar-refractivity contribution in [2.45, 2.75) is 86.3 Å². The molecule has 8 unspecified atom stereocenters. The quantitative estimate of drug-likeness (QED) is 0.0555. The van der Waals surface area contributed by atoms with E-state index in [0.29, 0.717) is 38.4 Å². The van der Waals surface area contributed by atoms with Gasteiger partial charge in [0.25, 0.3) is 23.9 Å². The fraction of sp³-hybridized carbons (Fsp3) is 0.800. The minimum atomic E-state index is -1.91. The van der Waals surface area contributed by atoms with Crippen molar-refractivity contribution in [1.29, 1.82) is 0 Å². The number of allylic oxidation sites excluding steroid dienone is 2. The van der Waals surface area contributed by atoms with Crippen LogP contribution in [0.3, 0.4) is 0 Å². The minimum Gasteiger partial charge on any atom is -0.469 e.